The first-order valence-corrected chi connectivity index (χ1v) is 9.21. The molecule has 0 amide bonds. The number of nitrogens with zero attached hydrogens (tertiary/aromatic N) is 2. The van der Waals surface area contributed by atoms with Crippen molar-refractivity contribution >= 4 is 56.7 Å². The molecule has 0 aliphatic rings. The lowest BCUT2D eigenvalue weighted by molar-refractivity contribution is 0.396. The van der Waals surface area contributed by atoms with Gasteiger partial charge in [0.1, 0.15) is 10.3 Å². The van der Waals surface area contributed by atoms with Crippen LogP contribution in [0.5, 0.6) is 0 Å². The Morgan fingerprint density at radius 2 is 1.12 bits per heavy atom. The molecule has 0 radical (unpaired) electrons. The van der Waals surface area contributed by atoms with Crippen LogP contribution < -0.4 is 0 Å². The third-order valence-corrected chi connectivity index (χ3v) is 4.79. The van der Waals surface area contributed by atoms with Crippen LogP contribution in [0.25, 0.3) is 0 Å². The van der Waals surface area contributed by atoms with Gasteiger partial charge in [-0.15, -0.1) is 0 Å². The second-order valence-corrected chi connectivity index (χ2v) is 7.87. The second kappa shape index (κ2) is 9.05. The summed E-state index contributed by atoms with van der Waals surface area (Å²) in [5.41, 5.74) is 1.22. The molecular formula is C19H18Cl4N2. The minimum Gasteiger partial charge on any atom is -0.272 e. The fraction of sp³-hybridized carbons (Fsp3) is 0.263. The average molecular weight is 416 g/mol. The predicted molar refractivity (Wildman–Crippen MR) is 111 cm³/mol. The molecule has 0 N–H and O–H groups in total. The molecule has 6 heteroatoms. The van der Waals surface area contributed by atoms with Crippen LogP contribution in [-0.4, -0.2) is 23.4 Å². The molecule has 0 bridgehead atoms. The van der Waals surface area contributed by atoms with Gasteiger partial charge in [-0.05, 0) is 12.1 Å². The van der Waals surface area contributed by atoms with Gasteiger partial charge in [0.15, 0.2) is 0 Å². The molecule has 2 nitrogen and oxygen atoms in total. The zero-order valence-electron chi connectivity index (χ0n) is 13.9. The first-order valence-electron chi connectivity index (χ1n) is 7.70. The van der Waals surface area contributed by atoms with E-state index in [-0.39, 0.29) is 5.41 Å². The molecule has 0 fully saturated rings. The van der Waals surface area contributed by atoms with E-state index in [0.717, 1.165) is 11.1 Å². The van der Waals surface area contributed by atoms with Gasteiger partial charge in [0.2, 0.25) is 0 Å². The Balaban J connectivity index is 2.07. The fourth-order valence-corrected chi connectivity index (χ4v) is 3.04. The molecule has 2 aromatic rings. The molecule has 0 aliphatic heterocycles. The van der Waals surface area contributed by atoms with Gasteiger partial charge >= 0.3 is 0 Å². The molecule has 2 aromatic carbocycles. The molecule has 0 heterocycles. The van der Waals surface area contributed by atoms with Crippen molar-refractivity contribution in [3.63, 3.8) is 0 Å². The summed E-state index contributed by atoms with van der Waals surface area (Å²) >= 11 is 24.8. The van der Waals surface area contributed by atoms with Crippen molar-refractivity contribution in [3.05, 3.63) is 69.7 Å². The van der Waals surface area contributed by atoms with Crippen LogP contribution in [0.15, 0.2) is 58.5 Å². The quantitative estimate of drug-likeness (QED) is 0.469. The summed E-state index contributed by atoms with van der Waals surface area (Å²) < 4.78 is 0. The maximum absolute atomic E-state index is 6.28. The van der Waals surface area contributed by atoms with Gasteiger partial charge in [-0.3, -0.25) is 9.98 Å². The van der Waals surface area contributed by atoms with Gasteiger partial charge in [-0.25, -0.2) is 0 Å². The minimum absolute atomic E-state index is 0.219. The topological polar surface area (TPSA) is 24.7 Å². The molecule has 25 heavy (non-hydrogen) atoms. The van der Waals surface area contributed by atoms with Crippen LogP contribution in [0.4, 0.5) is 0 Å². The number of hydrogen-bond donors (Lipinski definition) is 0. The fourth-order valence-electron chi connectivity index (χ4n) is 2.04. The van der Waals surface area contributed by atoms with Crippen LogP contribution >= 0.6 is 46.4 Å². The largest absolute Gasteiger partial charge is 0.272 e. The summed E-state index contributed by atoms with van der Waals surface area (Å²) in [5, 5.41) is 1.93. The summed E-state index contributed by atoms with van der Waals surface area (Å²) in [6, 6.07) is 14.7. The standard InChI is InChI=1S/C19H18Cl4N2/c1-19(2,11-24-17(22)13-7-3-5-9-15(13)20)12-25-18(23)14-8-4-6-10-16(14)21/h3-10H,11-12H2,1-2H3. The Morgan fingerprint density at radius 1 is 0.760 bits per heavy atom. The first kappa shape index (κ1) is 20.3. The zero-order chi connectivity index (χ0) is 18.4. The van der Waals surface area contributed by atoms with Crippen molar-refractivity contribution in [1.82, 2.24) is 0 Å². The van der Waals surface area contributed by atoms with Crippen molar-refractivity contribution in [2.24, 2.45) is 15.4 Å². The molecule has 0 aromatic heterocycles. The highest BCUT2D eigenvalue weighted by Crippen LogP contribution is 2.23. The van der Waals surface area contributed by atoms with Crippen LogP contribution in [0.1, 0.15) is 25.0 Å². The Labute approximate surface area is 168 Å². The number of hydrogen-bond acceptors (Lipinski definition) is 2. The molecule has 0 unspecified atom stereocenters. The van der Waals surface area contributed by atoms with E-state index in [1.54, 1.807) is 12.1 Å². The zero-order valence-corrected chi connectivity index (χ0v) is 17.0. The number of halogens is 4. The van der Waals surface area contributed by atoms with Gasteiger partial charge in [-0.1, -0.05) is 96.6 Å². The highest BCUT2D eigenvalue weighted by molar-refractivity contribution is 6.71. The summed E-state index contributed by atoms with van der Waals surface area (Å²) in [5.74, 6) is 0. The Bertz CT molecular complexity index is 732. The molecule has 0 spiro atoms. The monoisotopic (exact) mass is 414 g/mol. The summed E-state index contributed by atoms with van der Waals surface area (Å²) in [6.07, 6.45) is 0. The van der Waals surface area contributed by atoms with Gasteiger partial charge < -0.3 is 0 Å². The Kier molecular flexibility index (Phi) is 7.33. The van der Waals surface area contributed by atoms with Gasteiger partial charge in [0.05, 0.1) is 10.0 Å². The average Bonchev–Trinajstić information content (AvgIpc) is 2.59. The molecule has 132 valence electrons. The van der Waals surface area contributed by atoms with E-state index < -0.39 is 0 Å². The smallest absolute Gasteiger partial charge is 0.132 e. The van der Waals surface area contributed by atoms with Crippen molar-refractivity contribution in [2.45, 2.75) is 13.8 Å². The van der Waals surface area contributed by atoms with Crippen LogP contribution in [-0.2, 0) is 0 Å². The van der Waals surface area contributed by atoms with Crippen molar-refractivity contribution in [3.8, 4) is 0 Å². The maximum atomic E-state index is 6.28. The number of aliphatic imine (C=N–C) groups is 2. The van der Waals surface area contributed by atoms with E-state index in [1.165, 1.54) is 0 Å². The third kappa shape index (κ3) is 6.00. The maximum Gasteiger partial charge on any atom is 0.132 e. The summed E-state index contributed by atoms with van der Waals surface area (Å²) in [4.78, 5) is 8.91. The van der Waals surface area contributed by atoms with E-state index in [9.17, 15) is 0 Å². The lowest BCUT2D eigenvalue weighted by Gasteiger charge is -2.20. The van der Waals surface area contributed by atoms with Gasteiger partial charge in [-0.2, -0.15) is 0 Å². The van der Waals surface area contributed by atoms with E-state index in [4.69, 9.17) is 46.4 Å². The first-order chi connectivity index (χ1) is 11.8. The summed E-state index contributed by atoms with van der Waals surface area (Å²) in [6.45, 7) is 5.08. The molecular weight excluding hydrogens is 398 g/mol. The molecule has 0 atom stereocenters. The molecule has 0 aliphatic carbocycles. The van der Waals surface area contributed by atoms with Crippen molar-refractivity contribution < 1.29 is 0 Å². The Morgan fingerprint density at radius 3 is 1.48 bits per heavy atom. The summed E-state index contributed by atoms with van der Waals surface area (Å²) in [7, 11) is 0. The van der Waals surface area contributed by atoms with Crippen LogP contribution in [0.3, 0.4) is 0 Å². The van der Waals surface area contributed by atoms with Crippen molar-refractivity contribution in [2.75, 3.05) is 13.1 Å². The number of benzene rings is 2. The highest BCUT2D eigenvalue weighted by atomic mass is 35.5. The predicted octanol–water partition coefficient (Wildman–Crippen LogP) is 6.69. The highest BCUT2D eigenvalue weighted by Gasteiger charge is 2.18. The van der Waals surface area contributed by atoms with Crippen molar-refractivity contribution in [1.29, 1.82) is 0 Å². The lowest BCUT2D eigenvalue weighted by atomic mass is 9.94. The van der Waals surface area contributed by atoms with Gasteiger partial charge in [0.25, 0.3) is 0 Å². The van der Waals surface area contributed by atoms with E-state index >= 15 is 0 Å². The lowest BCUT2D eigenvalue weighted by Crippen LogP contribution is -2.21. The Hall–Kier alpha value is -1.06. The number of rotatable bonds is 6. The SMILES string of the molecule is CC(C)(CN=C(Cl)c1ccccc1Cl)CN=C(Cl)c1ccccc1Cl. The molecule has 2 rings (SSSR count). The third-order valence-electron chi connectivity index (χ3n) is 3.48. The van der Waals surface area contributed by atoms with Gasteiger partial charge in [0, 0.05) is 29.6 Å². The van der Waals surface area contributed by atoms with E-state index in [0.29, 0.717) is 33.5 Å². The normalized spacial score (nSPS) is 13.2. The molecule has 0 saturated carbocycles. The second-order valence-electron chi connectivity index (χ2n) is 6.34. The van der Waals surface area contributed by atoms with Crippen LogP contribution in [0, 0.1) is 5.41 Å². The van der Waals surface area contributed by atoms with Crippen LogP contribution in [0.2, 0.25) is 10.0 Å². The van der Waals surface area contributed by atoms with E-state index in [1.807, 2.05) is 50.2 Å². The van der Waals surface area contributed by atoms with E-state index in [2.05, 4.69) is 9.98 Å². The minimum atomic E-state index is -0.219. The molecule has 0 saturated heterocycles.